The second-order valence-electron chi connectivity index (χ2n) is 14.9. The van der Waals surface area contributed by atoms with Crippen molar-refractivity contribution in [3.63, 3.8) is 0 Å². The molecule has 2 aromatic rings. The molecule has 51 heavy (non-hydrogen) atoms. The summed E-state index contributed by atoms with van der Waals surface area (Å²) in [5, 5.41) is 6.51. The van der Waals surface area contributed by atoms with Gasteiger partial charge in [0, 0.05) is 23.9 Å². The molecule has 2 aliphatic carbocycles. The Morgan fingerprint density at radius 3 is 2.59 bits per heavy atom. The first kappa shape index (κ1) is 36.4. The highest BCUT2D eigenvalue weighted by Crippen LogP contribution is 2.46. The maximum Gasteiger partial charge on any atom is 0.408 e. The van der Waals surface area contributed by atoms with Crippen molar-refractivity contribution in [1.82, 2.24) is 25.2 Å². The number of nitrogens with zero attached hydrogens (tertiary/aromatic N) is 2. The lowest BCUT2D eigenvalue weighted by Gasteiger charge is -2.30. The number of alkyl carbamates (subject to hydrolysis) is 1. The number of aromatic nitrogens is 1. The average Bonchev–Trinajstić information content (AvgIpc) is 3.99. The summed E-state index contributed by atoms with van der Waals surface area (Å²) in [6.07, 6.45) is 8.41. The highest BCUT2D eigenvalue weighted by molar-refractivity contribution is 7.91. The molecular weight excluding hydrogens is 678 g/mol. The number of nitrogens with one attached hydrogen (secondary N) is 3. The van der Waals surface area contributed by atoms with Crippen molar-refractivity contribution < 1.29 is 41.8 Å². The van der Waals surface area contributed by atoms with Crippen LogP contribution in [0.5, 0.6) is 11.6 Å². The zero-order valence-electron chi connectivity index (χ0n) is 29.5. The lowest BCUT2D eigenvalue weighted by Crippen LogP contribution is -2.58. The number of hydrogen-bond acceptors (Lipinski definition) is 10. The van der Waals surface area contributed by atoms with E-state index in [0.29, 0.717) is 49.1 Å². The second kappa shape index (κ2) is 14.3. The molecule has 0 radical (unpaired) electrons. The van der Waals surface area contributed by atoms with Crippen LogP contribution < -0.4 is 24.8 Å². The number of rotatable bonds is 7. The van der Waals surface area contributed by atoms with Gasteiger partial charge in [-0.25, -0.2) is 18.2 Å². The minimum absolute atomic E-state index is 0.00374. The first-order chi connectivity index (χ1) is 24.2. The highest BCUT2D eigenvalue weighted by Gasteiger charge is 2.62. The molecule has 15 heteroatoms. The fourth-order valence-electron chi connectivity index (χ4n) is 6.80. The molecule has 3 fully saturated rings. The molecule has 2 aliphatic heterocycles. The Morgan fingerprint density at radius 2 is 1.86 bits per heavy atom. The predicted molar refractivity (Wildman–Crippen MR) is 187 cm³/mol. The smallest absolute Gasteiger partial charge is 0.408 e. The third-order valence-corrected chi connectivity index (χ3v) is 11.6. The topological polar surface area (TPSA) is 182 Å². The molecule has 4 amide bonds. The van der Waals surface area contributed by atoms with Crippen LogP contribution in [0.2, 0.25) is 0 Å². The number of benzene rings is 1. The molecule has 1 aromatic carbocycles. The molecule has 276 valence electrons. The number of sulfonamides is 1. The summed E-state index contributed by atoms with van der Waals surface area (Å²) in [6, 6.07) is 5.19. The van der Waals surface area contributed by atoms with Crippen LogP contribution >= 0.6 is 0 Å². The van der Waals surface area contributed by atoms with Gasteiger partial charge in [-0.05, 0) is 88.9 Å². The Hall–Kier alpha value is -4.40. The van der Waals surface area contributed by atoms with Crippen LogP contribution in [-0.4, -0.2) is 90.3 Å². The van der Waals surface area contributed by atoms with Crippen molar-refractivity contribution in [2.24, 2.45) is 5.92 Å². The molecular formula is C36H47N5O9S. The quantitative estimate of drug-likeness (QED) is 0.358. The Kier molecular flexibility index (Phi) is 10.2. The van der Waals surface area contributed by atoms with E-state index in [4.69, 9.17) is 14.2 Å². The molecule has 6 rings (SSSR count). The van der Waals surface area contributed by atoms with Crippen LogP contribution in [0.4, 0.5) is 4.79 Å². The zero-order valence-corrected chi connectivity index (χ0v) is 30.3. The maximum absolute atomic E-state index is 14.4. The van der Waals surface area contributed by atoms with Crippen LogP contribution in [-0.2, 0) is 29.1 Å². The number of hydrogen-bond donors (Lipinski definition) is 3. The predicted octanol–water partition coefficient (Wildman–Crippen LogP) is 3.49. The van der Waals surface area contributed by atoms with Gasteiger partial charge in [0.25, 0.3) is 5.91 Å². The number of carbonyl (C=O) groups is 4. The van der Waals surface area contributed by atoms with E-state index in [2.05, 4.69) is 20.3 Å². The minimum Gasteiger partial charge on any atom is -0.497 e. The molecule has 1 aromatic heterocycles. The highest BCUT2D eigenvalue weighted by atomic mass is 32.2. The largest absolute Gasteiger partial charge is 0.497 e. The fourth-order valence-corrected chi connectivity index (χ4v) is 8.17. The van der Waals surface area contributed by atoms with Crippen molar-refractivity contribution in [2.75, 3.05) is 13.7 Å². The standard InChI is InChI=1S/C36H47N5O9S/c1-35(2,3)50-34(45)38-28-11-9-7-5-6-8-10-23-20-36(23,33(44)40-51(46,47)26-13-14-26)39-30(42)29-19-25(21-41(29)32(28)43)49-31-27-15-12-24(48-4)18-22(27)16-17-37-31/h8,10,12,15-18,23,25-26,28-29H,5-7,9,11,13-14,19-21H2,1-4H3,(H,38,45)(H,39,42)(H,40,44)/b10-8-/t23-,25?,28+,29+,36-/m1/s1. The Morgan fingerprint density at radius 1 is 1.08 bits per heavy atom. The van der Waals surface area contributed by atoms with E-state index in [0.717, 1.165) is 18.2 Å². The molecule has 4 aliphatic rings. The van der Waals surface area contributed by atoms with Gasteiger partial charge in [-0.1, -0.05) is 25.0 Å². The number of methoxy groups -OCH3 is 1. The molecule has 3 heterocycles. The summed E-state index contributed by atoms with van der Waals surface area (Å²) in [4.78, 5) is 61.1. The van der Waals surface area contributed by atoms with E-state index in [-0.39, 0.29) is 19.4 Å². The Balaban J connectivity index is 1.30. The van der Waals surface area contributed by atoms with Gasteiger partial charge in [-0.15, -0.1) is 0 Å². The van der Waals surface area contributed by atoms with Crippen molar-refractivity contribution in [2.45, 2.75) is 113 Å². The van der Waals surface area contributed by atoms with Gasteiger partial charge in [-0.3, -0.25) is 19.1 Å². The van der Waals surface area contributed by atoms with Gasteiger partial charge in [0.15, 0.2) is 0 Å². The van der Waals surface area contributed by atoms with Crippen LogP contribution in [0.1, 0.15) is 78.6 Å². The third kappa shape index (κ3) is 8.40. The average molecular weight is 726 g/mol. The summed E-state index contributed by atoms with van der Waals surface area (Å²) in [7, 11) is -2.31. The van der Waals surface area contributed by atoms with E-state index >= 15 is 0 Å². The van der Waals surface area contributed by atoms with E-state index < -0.39 is 74.3 Å². The summed E-state index contributed by atoms with van der Waals surface area (Å²) < 4.78 is 45.0. The molecule has 3 N–H and O–H groups in total. The third-order valence-electron chi connectivity index (χ3n) is 9.75. The molecule has 1 unspecified atom stereocenters. The number of carbonyl (C=O) groups excluding carboxylic acids is 4. The van der Waals surface area contributed by atoms with E-state index in [1.54, 1.807) is 40.1 Å². The Bertz CT molecular complexity index is 1820. The van der Waals surface area contributed by atoms with Crippen molar-refractivity contribution in [1.29, 1.82) is 0 Å². The van der Waals surface area contributed by atoms with Gasteiger partial charge in [0.1, 0.15) is 35.1 Å². The van der Waals surface area contributed by atoms with E-state index in [1.165, 1.54) is 4.90 Å². The minimum atomic E-state index is -3.88. The van der Waals surface area contributed by atoms with Gasteiger partial charge in [0.05, 0.1) is 18.9 Å². The fraction of sp³-hybridized carbons (Fsp3) is 0.583. The van der Waals surface area contributed by atoms with Gasteiger partial charge in [0.2, 0.25) is 27.7 Å². The van der Waals surface area contributed by atoms with Crippen molar-refractivity contribution in [3.8, 4) is 11.6 Å². The van der Waals surface area contributed by atoms with Crippen molar-refractivity contribution in [3.05, 3.63) is 42.6 Å². The summed E-state index contributed by atoms with van der Waals surface area (Å²) in [5.74, 6) is -1.34. The Labute approximate surface area is 298 Å². The van der Waals surface area contributed by atoms with E-state index in [1.807, 2.05) is 30.4 Å². The van der Waals surface area contributed by atoms with Crippen LogP contribution in [0.15, 0.2) is 42.6 Å². The molecule has 14 nitrogen and oxygen atoms in total. The van der Waals surface area contributed by atoms with Crippen LogP contribution in [0.25, 0.3) is 10.8 Å². The molecule has 0 spiro atoms. The summed E-state index contributed by atoms with van der Waals surface area (Å²) in [6.45, 7) is 5.18. The monoisotopic (exact) mass is 725 g/mol. The maximum atomic E-state index is 14.4. The second-order valence-corrected chi connectivity index (χ2v) is 16.9. The number of amides is 4. The van der Waals surface area contributed by atoms with Crippen LogP contribution in [0, 0.1) is 5.92 Å². The zero-order chi connectivity index (χ0) is 36.6. The van der Waals surface area contributed by atoms with Gasteiger partial charge in [-0.2, -0.15) is 0 Å². The number of pyridine rings is 1. The number of allylic oxidation sites excluding steroid dienone is 1. The lowest BCUT2D eigenvalue weighted by molar-refractivity contribution is -0.141. The summed E-state index contributed by atoms with van der Waals surface area (Å²) in [5.41, 5.74) is -2.29. The molecule has 2 saturated carbocycles. The normalized spacial score (nSPS) is 27.9. The first-order valence-electron chi connectivity index (χ1n) is 17.6. The molecule has 0 bridgehead atoms. The molecule has 1 saturated heterocycles. The number of ether oxygens (including phenoxy) is 3. The van der Waals surface area contributed by atoms with Gasteiger partial charge >= 0.3 is 6.09 Å². The summed E-state index contributed by atoms with van der Waals surface area (Å²) >= 11 is 0. The number of fused-ring (bicyclic) bond motifs is 3. The van der Waals surface area contributed by atoms with Gasteiger partial charge < -0.3 is 29.7 Å². The van der Waals surface area contributed by atoms with Crippen molar-refractivity contribution >= 4 is 44.6 Å². The first-order valence-corrected chi connectivity index (χ1v) is 19.2. The molecule has 5 atom stereocenters. The van der Waals surface area contributed by atoms with E-state index in [9.17, 15) is 27.6 Å². The SMILES string of the molecule is COc1ccc2c(OC3C[C@H]4C(=O)N[C@]5(C(=O)NS(=O)(=O)C6CC6)C[C@H]5/C=C\CCCCC[C@H](NC(=O)OC(C)(C)C)C(=O)N4C3)nccc2c1. The lowest BCUT2D eigenvalue weighted by atomic mass is 10.0. The van der Waals surface area contributed by atoms with Crippen LogP contribution in [0.3, 0.4) is 0 Å².